The summed E-state index contributed by atoms with van der Waals surface area (Å²) >= 11 is 3.57. The van der Waals surface area contributed by atoms with Crippen LogP contribution in [0.2, 0.25) is 0 Å². The quantitative estimate of drug-likeness (QED) is 0.468. The number of carbonyl (C=O) groups is 1. The van der Waals surface area contributed by atoms with E-state index in [1.165, 1.54) is 11.8 Å². The zero-order valence-electron chi connectivity index (χ0n) is 12.3. The van der Waals surface area contributed by atoms with Gasteiger partial charge in [-0.05, 0) is 46.9 Å². The second kappa shape index (κ2) is 7.22. The average Bonchev–Trinajstić information content (AvgIpc) is 2.97. The molecule has 0 saturated heterocycles. The summed E-state index contributed by atoms with van der Waals surface area (Å²) in [5.41, 5.74) is 2.57. The van der Waals surface area contributed by atoms with Gasteiger partial charge in [0.15, 0.2) is 5.16 Å². The smallest absolute Gasteiger partial charge is 0.234 e. The number of nitrogens with one attached hydrogen (secondary N) is 2. The van der Waals surface area contributed by atoms with Gasteiger partial charge in [-0.1, -0.05) is 23.9 Å². The topological polar surface area (TPSA) is 67.0 Å². The lowest BCUT2D eigenvalue weighted by Gasteiger charge is -2.06. The summed E-state index contributed by atoms with van der Waals surface area (Å²) in [5.74, 6) is 1.01. The number of methoxy groups -OCH3 is 1. The molecule has 2 aromatic carbocycles. The maximum absolute atomic E-state index is 12.1. The molecular formula is C16H14IN3O2S. The molecule has 1 heterocycles. The van der Waals surface area contributed by atoms with E-state index in [1.54, 1.807) is 7.11 Å². The molecule has 118 valence electrons. The minimum atomic E-state index is -0.0582. The van der Waals surface area contributed by atoms with Gasteiger partial charge in [0.1, 0.15) is 5.75 Å². The number of ether oxygens (including phenoxy) is 1. The molecule has 3 aromatic rings. The van der Waals surface area contributed by atoms with Crippen molar-refractivity contribution in [2.24, 2.45) is 0 Å². The molecule has 0 aliphatic heterocycles. The maximum atomic E-state index is 12.1. The molecule has 7 heteroatoms. The van der Waals surface area contributed by atoms with Crippen LogP contribution in [0, 0.1) is 3.57 Å². The molecule has 0 fully saturated rings. The third-order valence-electron chi connectivity index (χ3n) is 3.16. The average molecular weight is 439 g/mol. The van der Waals surface area contributed by atoms with Crippen molar-refractivity contribution in [3.63, 3.8) is 0 Å². The minimum Gasteiger partial charge on any atom is -0.497 e. The minimum absolute atomic E-state index is 0.0582. The van der Waals surface area contributed by atoms with Gasteiger partial charge in [-0.15, -0.1) is 0 Å². The Morgan fingerprint density at radius 2 is 2.17 bits per heavy atom. The predicted molar refractivity (Wildman–Crippen MR) is 101 cm³/mol. The first-order chi connectivity index (χ1) is 11.2. The molecule has 0 atom stereocenters. The molecular weight excluding hydrogens is 425 g/mol. The van der Waals surface area contributed by atoms with Gasteiger partial charge >= 0.3 is 0 Å². The highest BCUT2D eigenvalue weighted by Crippen LogP contribution is 2.23. The number of carbonyl (C=O) groups excluding carboxylic acids is 1. The number of nitrogens with zero attached hydrogens (tertiary/aromatic N) is 1. The highest BCUT2D eigenvalue weighted by atomic mass is 127. The number of aromatic nitrogens is 2. The van der Waals surface area contributed by atoms with Gasteiger partial charge in [-0.25, -0.2) is 4.98 Å². The number of halogens is 1. The van der Waals surface area contributed by atoms with Gasteiger partial charge in [0.2, 0.25) is 5.91 Å². The van der Waals surface area contributed by atoms with Crippen LogP contribution < -0.4 is 10.1 Å². The normalized spacial score (nSPS) is 10.7. The molecule has 3 rings (SSSR count). The fraction of sp³-hybridized carbons (Fsp3) is 0.125. The van der Waals surface area contributed by atoms with E-state index >= 15 is 0 Å². The molecule has 0 radical (unpaired) electrons. The number of para-hydroxylation sites is 1. The lowest BCUT2D eigenvalue weighted by atomic mass is 10.3. The molecule has 0 saturated carbocycles. The number of rotatable bonds is 5. The summed E-state index contributed by atoms with van der Waals surface area (Å²) < 4.78 is 6.20. The van der Waals surface area contributed by atoms with Crippen LogP contribution in [0.5, 0.6) is 5.75 Å². The van der Waals surface area contributed by atoms with Gasteiger partial charge in [-0.2, -0.15) is 0 Å². The Bertz CT molecular complexity index is 850. The first-order valence-corrected chi connectivity index (χ1v) is 8.93. The van der Waals surface area contributed by atoms with Crippen LogP contribution in [0.1, 0.15) is 0 Å². The van der Waals surface area contributed by atoms with Crippen LogP contribution in [0.3, 0.4) is 0 Å². The molecule has 1 aromatic heterocycles. The van der Waals surface area contributed by atoms with Crippen molar-refractivity contribution in [3.05, 3.63) is 46.0 Å². The van der Waals surface area contributed by atoms with Gasteiger partial charge in [0.25, 0.3) is 0 Å². The standard InChI is InChI=1S/C16H14IN3O2S/c1-22-10-6-7-13-14(8-10)20-16(19-13)23-9-15(21)18-12-5-3-2-4-11(12)17/h2-8H,9H2,1H3,(H,18,21)(H,19,20). The molecule has 2 N–H and O–H groups in total. The Morgan fingerprint density at radius 3 is 2.96 bits per heavy atom. The van der Waals surface area contributed by atoms with Crippen molar-refractivity contribution in [1.29, 1.82) is 0 Å². The van der Waals surface area contributed by atoms with Crippen molar-refractivity contribution in [1.82, 2.24) is 9.97 Å². The number of anilines is 1. The van der Waals surface area contributed by atoms with Crippen molar-refractivity contribution < 1.29 is 9.53 Å². The zero-order chi connectivity index (χ0) is 16.2. The summed E-state index contributed by atoms with van der Waals surface area (Å²) in [6.07, 6.45) is 0. The maximum Gasteiger partial charge on any atom is 0.234 e. The van der Waals surface area contributed by atoms with Crippen LogP contribution >= 0.6 is 34.4 Å². The Hall–Kier alpha value is -1.74. The molecule has 0 unspecified atom stereocenters. The Morgan fingerprint density at radius 1 is 1.35 bits per heavy atom. The summed E-state index contributed by atoms with van der Waals surface area (Å²) in [7, 11) is 1.63. The van der Waals surface area contributed by atoms with E-state index in [-0.39, 0.29) is 5.91 Å². The van der Waals surface area contributed by atoms with E-state index in [2.05, 4.69) is 37.9 Å². The summed E-state index contributed by atoms with van der Waals surface area (Å²) in [4.78, 5) is 19.7. The molecule has 23 heavy (non-hydrogen) atoms. The number of benzene rings is 2. The highest BCUT2D eigenvalue weighted by Gasteiger charge is 2.09. The van der Waals surface area contributed by atoms with E-state index in [1.807, 2.05) is 42.5 Å². The number of hydrogen-bond acceptors (Lipinski definition) is 4. The van der Waals surface area contributed by atoms with Crippen molar-refractivity contribution >= 4 is 57.0 Å². The first kappa shape index (κ1) is 16.1. The Kier molecular flexibility index (Phi) is 5.06. The second-order valence-electron chi connectivity index (χ2n) is 4.74. The Balaban J connectivity index is 1.64. The third kappa shape index (κ3) is 3.97. The summed E-state index contributed by atoms with van der Waals surface area (Å²) in [6.45, 7) is 0. The number of fused-ring (bicyclic) bond motifs is 1. The SMILES string of the molecule is COc1ccc2nc(SCC(=O)Nc3ccccc3I)[nH]c2c1. The number of amides is 1. The number of H-pyrrole nitrogens is 1. The second-order valence-corrected chi connectivity index (χ2v) is 6.87. The van der Waals surface area contributed by atoms with E-state index in [9.17, 15) is 4.79 Å². The van der Waals surface area contributed by atoms with Crippen LogP contribution in [-0.2, 0) is 4.79 Å². The van der Waals surface area contributed by atoms with Crippen molar-refractivity contribution in [3.8, 4) is 5.75 Å². The first-order valence-electron chi connectivity index (χ1n) is 6.86. The van der Waals surface area contributed by atoms with Crippen LogP contribution in [0.4, 0.5) is 5.69 Å². The van der Waals surface area contributed by atoms with Crippen LogP contribution in [0.15, 0.2) is 47.6 Å². The Labute approximate surface area is 151 Å². The van der Waals surface area contributed by atoms with Crippen LogP contribution in [-0.4, -0.2) is 28.7 Å². The monoisotopic (exact) mass is 439 g/mol. The molecule has 5 nitrogen and oxygen atoms in total. The lowest BCUT2D eigenvalue weighted by molar-refractivity contribution is -0.113. The van der Waals surface area contributed by atoms with Gasteiger partial charge in [0.05, 0.1) is 29.6 Å². The molecule has 1 amide bonds. The zero-order valence-corrected chi connectivity index (χ0v) is 15.3. The van der Waals surface area contributed by atoms with Crippen molar-refractivity contribution in [2.45, 2.75) is 5.16 Å². The fourth-order valence-corrected chi connectivity index (χ4v) is 3.25. The summed E-state index contributed by atoms with van der Waals surface area (Å²) in [6, 6.07) is 13.3. The van der Waals surface area contributed by atoms with E-state index in [0.717, 1.165) is 26.0 Å². The van der Waals surface area contributed by atoms with Gasteiger partial charge < -0.3 is 15.0 Å². The van der Waals surface area contributed by atoms with E-state index < -0.39 is 0 Å². The molecule has 0 aliphatic carbocycles. The van der Waals surface area contributed by atoms with Crippen molar-refractivity contribution in [2.75, 3.05) is 18.2 Å². The van der Waals surface area contributed by atoms with E-state index in [0.29, 0.717) is 10.9 Å². The number of thioether (sulfide) groups is 1. The fourth-order valence-electron chi connectivity index (χ4n) is 2.04. The van der Waals surface area contributed by atoms with E-state index in [4.69, 9.17) is 4.74 Å². The lowest BCUT2D eigenvalue weighted by Crippen LogP contribution is -2.14. The van der Waals surface area contributed by atoms with Gasteiger partial charge in [0, 0.05) is 9.64 Å². The summed E-state index contributed by atoms with van der Waals surface area (Å²) in [5, 5.41) is 3.62. The molecule has 0 aliphatic rings. The molecule has 0 spiro atoms. The highest BCUT2D eigenvalue weighted by molar-refractivity contribution is 14.1. The molecule has 0 bridgehead atoms. The number of imidazole rings is 1. The number of hydrogen-bond donors (Lipinski definition) is 2. The predicted octanol–water partition coefficient (Wildman–Crippen LogP) is 3.91. The largest absolute Gasteiger partial charge is 0.497 e. The van der Waals surface area contributed by atoms with Gasteiger partial charge in [-0.3, -0.25) is 4.79 Å². The third-order valence-corrected chi connectivity index (χ3v) is 4.97. The number of aromatic amines is 1. The van der Waals surface area contributed by atoms with Crippen LogP contribution in [0.25, 0.3) is 11.0 Å².